The molecule has 0 aliphatic heterocycles. The van der Waals surface area contributed by atoms with Crippen LogP contribution in [-0.2, 0) is 16.1 Å². The van der Waals surface area contributed by atoms with Crippen LogP contribution in [0.4, 0.5) is 17.3 Å². The Hall–Kier alpha value is -4.51. The van der Waals surface area contributed by atoms with Gasteiger partial charge in [0.1, 0.15) is 5.52 Å². The monoisotopic (exact) mass is 461 g/mol. The molecule has 4 aromatic rings. The largest absolute Gasteiger partial charge is 0.481 e. The number of pyridine rings is 1. The van der Waals surface area contributed by atoms with E-state index in [4.69, 9.17) is 9.47 Å². The standard InChI is InChI=1S/C23H23N7O4/c1-4-19(31)26-15-6-5-7-17(12-15)30-21-18(29(23(30)32)10-11-33-2)14-25-22(28-21)27-16-8-9-20(34-3)24-13-16/h4-9,12-14H,1,10-11H2,2-3H3,(H,26,31)(H,25,27,28). The minimum atomic E-state index is -0.353. The molecule has 4 rings (SSSR count). The molecular formula is C23H23N7O4. The fourth-order valence-electron chi connectivity index (χ4n) is 3.35. The number of anilines is 3. The van der Waals surface area contributed by atoms with E-state index in [0.29, 0.717) is 47.3 Å². The van der Waals surface area contributed by atoms with Crippen LogP contribution in [0.5, 0.6) is 5.88 Å². The Morgan fingerprint density at radius 2 is 2.00 bits per heavy atom. The molecule has 3 aromatic heterocycles. The predicted octanol–water partition coefficient (Wildman–Crippen LogP) is 2.50. The number of imidazole rings is 1. The Morgan fingerprint density at radius 3 is 2.71 bits per heavy atom. The fraction of sp³-hybridized carbons (Fsp3) is 0.174. The van der Waals surface area contributed by atoms with Crippen molar-refractivity contribution in [3.8, 4) is 11.6 Å². The number of benzene rings is 1. The van der Waals surface area contributed by atoms with Crippen LogP contribution in [0.3, 0.4) is 0 Å². The maximum atomic E-state index is 13.4. The summed E-state index contributed by atoms with van der Waals surface area (Å²) in [5, 5.41) is 5.79. The average Bonchev–Trinajstić information content (AvgIpc) is 3.13. The van der Waals surface area contributed by atoms with Gasteiger partial charge in [0.25, 0.3) is 0 Å². The Bertz CT molecular complexity index is 1390. The van der Waals surface area contributed by atoms with Crippen molar-refractivity contribution in [2.24, 2.45) is 0 Å². The number of ether oxygens (including phenoxy) is 2. The highest BCUT2D eigenvalue weighted by molar-refractivity contribution is 5.99. The molecule has 0 saturated carbocycles. The zero-order valence-electron chi connectivity index (χ0n) is 18.7. The van der Waals surface area contributed by atoms with E-state index in [-0.39, 0.29) is 17.5 Å². The number of hydrogen-bond donors (Lipinski definition) is 2. The molecule has 0 bridgehead atoms. The Balaban J connectivity index is 1.80. The lowest BCUT2D eigenvalue weighted by atomic mass is 10.2. The van der Waals surface area contributed by atoms with E-state index in [2.05, 4.69) is 32.2 Å². The number of nitrogens with zero attached hydrogens (tertiary/aromatic N) is 5. The van der Waals surface area contributed by atoms with E-state index in [1.54, 1.807) is 60.5 Å². The van der Waals surface area contributed by atoms with Gasteiger partial charge in [-0.15, -0.1) is 0 Å². The number of hydrogen-bond acceptors (Lipinski definition) is 8. The number of rotatable bonds is 9. The summed E-state index contributed by atoms with van der Waals surface area (Å²) in [6, 6.07) is 10.4. The van der Waals surface area contributed by atoms with Crippen LogP contribution in [0.15, 0.2) is 66.2 Å². The third kappa shape index (κ3) is 4.64. The molecule has 174 valence electrons. The number of carbonyl (C=O) groups excluding carboxylic acids is 1. The second-order valence-electron chi connectivity index (χ2n) is 7.12. The molecule has 0 spiro atoms. The number of methoxy groups -OCH3 is 2. The Kier molecular flexibility index (Phi) is 6.64. The minimum absolute atomic E-state index is 0.285. The number of fused-ring (bicyclic) bond motifs is 1. The van der Waals surface area contributed by atoms with Crippen LogP contribution < -0.4 is 21.1 Å². The van der Waals surface area contributed by atoms with E-state index < -0.39 is 0 Å². The van der Waals surface area contributed by atoms with E-state index in [9.17, 15) is 9.59 Å². The molecule has 0 atom stereocenters. The lowest BCUT2D eigenvalue weighted by Crippen LogP contribution is -2.25. The molecule has 0 fully saturated rings. The van der Waals surface area contributed by atoms with Crippen LogP contribution in [0.2, 0.25) is 0 Å². The van der Waals surface area contributed by atoms with E-state index >= 15 is 0 Å². The summed E-state index contributed by atoms with van der Waals surface area (Å²) in [6.07, 6.45) is 4.35. The van der Waals surface area contributed by atoms with E-state index in [1.807, 2.05) is 0 Å². The first-order valence-electron chi connectivity index (χ1n) is 10.3. The minimum Gasteiger partial charge on any atom is -0.481 e. The second kappa shape index (κ2) is 9.96. The molecule has 0 saturated heterocycles. The average molecular weight is 461 g/mol. The predicted molar refractivity (Wildman–Crippen MR) is 128 cm³/mol. The van der Waals surface area contributed by atoms with Crippen molar-refractivity contribution in [1.29, 1.82) is 0 Å². The van der Waals surface area contributed by atoms with Gasteiger partial charge in [0.05, 0.1) is 44.0 Å². The van der Waals surface area contributed by atoms with Crippen molar-refractivity contribution in [2.45, 2.75) is 6.54 Å². The molecule has 34 heavy (non-hydrogen) atoms. The summed E-state index contributed by atoms with van der Waals surface area (Å²) in [5.41, 5.74) is 2.33. The van der Waals surface area contributed by atoms with Gasteiger partial charge in [-0.1, -0.05) is 12.6 Å². The summed E-state index contributed by atoms with van der Waals surface area (Å²) in [7, 11) is 3.11. The first-order chi connectivity index (χ1) is 16.5. The maximum Gasteiger partial charge on any atom is 0.335 e. The van der Waals surface area contributed by atoms with Crippen LogP contribution in [-0.4, -0.2) is 50.8 Å². The van der Waals surface area contributed by atoms with Crippen LogP contribution in [0, 0.1) is 0 Å². The summed E-state index contributed by atoms with van der Waals surface area (Å²) in [6.45, 7) is 4.12. The van der Waals surface area contributed by atoms with Crippen molar-refractivity contribution in [3.63, 3.8) is 0 Å². The highest BCUT2D eigenvalue weighted by atomic mass is 16.5. The van der Waals surface area contributed by atoms with Gasteiger partial charge in [0, 0.05) is 18.9 Å². The lowest BCUT2D eigenvalue weighted by Gasteiger charge is -2.08. The van der Waals surface area contributed by atoms with Gasteiger partial charge in [0.15, 0.2) is 5.65 Å². The van der Waals surface area contributed by atoms with Crippen molar-refractivity contribution >= 4 is 34.4 Å². The molecule has 3 heterocycles. The zero-order chi connectivity index (χ0) is 24.1. The molecule has 1 amide bonds. The molecule has 11 nitrogen and oxygen atoms in total. The first-order valence-corrected chi connectivity index (χ1v) is 10.3. The number of carbonyl (C=O) groups is 1. The highest BCUT2D eigenvalue weighted by Crippen LogP contribution is 2.21. The molecule has 0 aliphatic carbocycles. The van der Waals surface area contributed by atoms with Gasteiger partial charge in [-0.3, -0.25) is 9.36 Å². The van der Waals surface area contributed by atoms with Gasteiger partial charge in [-0.05, 0) is 30.3 Å². The van der Waals surface area contributed by atoms with Gasteiger partial charge in [0.2, 0.25) is 17.7 Å². The van der Waals surface area contributed by atoms with Crippen molar-refractivity contribution in [3.05, 3.63) is 71.9 Å². The first kappa shape index (κ1) is 22.7. The number of amides is 1. The molecule has 1 aromatic carbocycles. The van der Waals surface area contributed by atoms with Crippen molar-refractivity contribution in [2.75, 3.05) is 31.5 Å². The summed E-state index contributed by atoms with van der Waals surface area (Å²) in [4.78, 5) is 38.2. The second-order valence-corrected chi connectivity index (χ2v) is 7.12. The molecule has 0 aliphatic rings. The van der Waals surface area contributed by atoms with Crippen LogP contribution >= 0.6 is 0 Å². The Labute approximate surface area is 194 Å². The molecule has 0 radical (unpaired) electrons. The number of aromatic nitrogens is 5. The van der Waals surface area contributed by atoms with Crippen LogP contribution in [0.1, 0.15) is 0 Å². The maximum absolute atomic E-state index is 13.4. The summed E-state index contributed by atoms with van der Waals surface area (Å²) >= 11 is 0. The quantitative estimate of drug-likeness (QED) is 0.364. The van der Waals surface area contributed by atoms with Crippen molar-refractivity contribution < 1.29 is 14.3 Å². The van der Waals surface area contributed by atoms with Crippen molar-refractivity contribution in [1.82, 2.24) is 24.1 Å². The van der Waals surface area contributed by atoms with Gasteiger partial charge < -0.3 is 20.1 Å². The normalized spacial score (nSPS) is 10.8. The molecule has 2 N–H and O–H groups in total. The van der Waals surface area contributed by atoms with Gasteiger partial charge in [-0.25, -0.2) is 19.3 Å². The van der Waals surface area contributed by atoms with Gasteiger partial charge in [-0.2, -0.15) is 4.98 Å². The third-order valence-electron chi connectivity index (χ3n) is 4.95. The SMILES string of the molecule is C=CC(=O)Nc1cccc(-n2c(=O)n(CCOC)c3cnc(Nc4ccc(OC)nc4)nc32)c1. The van der Waals surface area contributed by atoms with E-state index in [1.165, 1.54) is 17.8 Å². The Morgan fingerprint density at radius 1 is 1.15 bits per heavy atom. The lowest BCUT2D eigenvalue weighted by molar-refractivity contribution is -0.111. The summed E-state index contributed by atoms with van der Waals surface area (Å²) in [5.74, 6) is 0.413. The van der Waals surface area contributed by atoms with Gasteiger partial charge >= 0.3 is 5.69 Å². The molecule has 0 unspecified atom stereocenters. The molecule has 11 heteroatoms. The molecular weight excluding hydrogens is 438 g/mol. The van der Waals surface area contributed by atoms with Crippen LogP contribution in [0.25, 0.3) is 16.9 Å². The topological polar surface area (TPSA) is 125 Å². The zero-order valence-corrected chi connectivity index (χ0v) is 18.7. The van der Waals surface area contributed by atoms with E-state index in [0.717, 1.165) is 0 Å². The fourth-order valence-corrected chi connectivity index (χ4v) is 3.35. The third-order valence-corrected chi connectivity index (χ3v) is 4.95. The number of nitrogens with one attached hydrogen (secondary N) is 2. The highest BCUT2D eigenvalue weighted by Gasteiger charge is 2.18. The smallest absolute Gasteiger partial charge is 0.335 e. The summed E-state index contributed by atoms with van der Waals surface area (Å²) < 4.78 is 13.3.